The summed E-state index contributed by atoms with van der Waals surface area (Å²) in [5, 5.41) is 2.96. The Morgan fingerprint density at radius 3 is 2.50 bits per heavy atom. The molecule has 2 aromatic carbocycles. The quantitative estimate of drug-likeness (QED) is 0.673. The van der Waals surface area contributed by atoms with Crippen LogP contribution in [0.4, 0.5) is 4.39 Å². The molecule has 0 bridgehead atoms. The first-order valence-corrected chi connectivity index (χ1v) is 9.86. The van der Waals surface area contributed by atoms with E-state index in [2.05, 4.69) is 10.2 Å². The van der Waals surface area contributed by atoms with Gasteiger partial charge in [0.2, 0.25) is 5.91 Å². The first kappa shape index (κ1) is 21.8. The highest BCUT2D eigenvalue weighted by Gasteiger charge is 2.23. The summed E-state index contributed by atoms with van der Waals surface area (Å²) in [6.07, 6.45) is 3.21. The van der Waals surface area contributed by atoms with E-state index in [1.54, 1.807) is 44.6 Å². The molecule has 1 amide bonds. The summed E-state index contributed by atoms with van der Waals surface area (Å²) in [4.78, 5) is 14.7. The summed E-state index contributed by atoms with van der Waals surface area (Å²) in [5.74, 6) is 0.752. The molecular weight excluding hydrogens is 387 g/mol. The minimum absolute atomic E-state index is 0.0482. The number of ether oxygens (including phenoxy) is 3. The third-order valence-corrected chi connectivity index (χ3v) is 5.05. The highest BCUT2D eigenvalue weighted by molar-refractivity contribution is 5.91. The number of carbonyl (C=O) groups is 1. The number of carbonyl (C=O) groups excluding carboxylic acids is 1. The summed E-state index contributed by atoms with van der Waals surface area (Å²) < 4.78 is 29.3. The lowest BCUT2D eigenvalue weighted by Gasteiger charge is -2.34. The van der Waals surface area contributed by atoms with Crippen LogP contribution in [0.3, 0.4) is 0 Å². The first-order valence-electron chi connectivity index (χ1n) is 9.86. The molecule has 7 heteroatoms. The predicted molar refractivity (Wildman–Crippen MR) is 113 cm³/mol. The molecule has 6 nitrogen and oxygen atoms in total. The molecule has 1 saturated heterocycles. The maximum atomic E-state index is 13.3. The molecule has 160 valence electrons. The standard InChI is InChI=1S/C23H27FN2O4/c1-28-21-9-3-17(15-22(21)29-2)4-10-23(27)25-16-20(26-11-13-30-14-12-26)18-5-7-19(24)8-6-18/h3-10,15,20H,11-14,16H2,1-2H3,(H,25,27)/b10-4+/t20-/m0/s1. The topological polar surface area (TPSA) is 60.0 Å². The maximum Gasteiger partial charge on any atom is 0.244 e. The number of methoxy groups -OCH3 is 2. The summed E-state index contributed by atoms with van der Waals surface area (Å²) in [7, 11) is 3.14. The molecule has 0 aromatic heterocycles. The number of nitrogens with one attached hydrogen (secondary N) is 1. The monoisotopic (exact) mass is 414 g/mol. The molecule has 3 rings (SSSR count). The average Bonchev–Trinajstić information content (AvgIpc) is 2.79. The van der Waals surface area contributed by atoms with Crippen molar-refractivity contribution in [2.75, 3.05) is 47.1 Å². The van der Waals surface area contributed by atoms with Gasteiger partial charge in [0, 0.05) is 25.7 Å². The van der Waals surface area contributed by atoms with E-state index in [1.165, 1.54) is 18.2 Å². The second kappa shape index (κ2) is 10.8. The molecule has 1 heterocycles. The Hall–Kier alpha value is -2.90. The lowest BCUT2D eigenvalue weighted by Crippen LogP contribution is -2.43. The van der Waals surface area contributed by atoms with E-state index in [1.807, 2.05) is 6.07 Å². The molecule has 2 aromatic rings. The Kier molecular flexibility index (Phi) is 7.82. The number of halogens is 1. The zero-order chi connectivity index (χ0) is 21.3. The van der Waals surface area contributed by atoms with Crippen molar-refractivity contribution in [2.45, 2.75) is 6.04 Å². The van der Waals surface area contributed by atoms with Gasteiger partial charge in [0.05, 0.1) is 33.5 Å². The Morgan fingerprint density at radius 1 is 1.13 bits per heavy atom. The summed E-state index contributed by atoms with van der Waals surface area (Å²) in [5.41, 5.74) is 1.79. The minimum atomic E-state index is -0.277. The van der Waals surface area contributed by atoms with Crippen molar-refractivity contribution >= 4 is 12.0 Å². The predicted octanol–water partition coefficient (Wildman–Crippen LogP) is 3.05. The lowest BCUT2D eigenvalue weighted by atomic mass is 10.0. The van der Waals surface area contributed by atoms with Crippen LogP contribution >= 0.6 is 0 Å². The van der Waals surface area contributed by atoms with Gasteiger partial charge in [0.1, 0.15) is 5.82 Å². The molecule has 0 radical (unpaired) electrons. The van der Waals surface area contributed by atoms with Gasteiger partial charge >= 0.3 is 0 Å². The summed E-state index contributed by atoms with van der Waals surface area (Å²) >= 11 is 0. The number of benzene rings is 2. The fourth-order valence-corrected chi connectivity index (χ4v) is 3.42. The molecule has 1 aliphatic heterocycles. The second-order valence-electron chi connectivity index (χ2n) is 6.91. The van der Waals surface area contributed by atoms with Gasteiger partial charge in [0.15, 0.2) is 11.5 Å². The van der Waals surface area contributed by atoms with Crippen LogP contribution in [-0.2, 0) is 9.53 Å². The van der Waals surface area contributed by atoms with Crippen LogP contribution in [0.1, 0.15) is 17.2 Å². The molecule has 0 unspecified atom stereocenters. The molecule has 0 saturated carbocycles. The minimum Gasteiger partial charge on any atom is -0.493 e. The van der Waals surface area contributed by atoms with Gasteiger partial charge in [-0.3, -0.25) is 9.69 Å². The molecule has 1 N–H and O–H groups in total. The van der Waals surface area contributed by atoms with Crippen LogP contribution < -0.4 is 14.8 Å². The Labute approximate surface area is 176 Å². The number of hydrogen-bond acceptors (Lipinski definition) is 5. The Bertz CT molecular complexity index is 864. The molecular formula is C23H27FN2O4. The van der Waals surface area contributed by atoms with Crippen LogP contribution in [0.15, 0.2) is 48.5 Å². The number of amides is 1. The van der Waals surface area contributed by atoms with Crippen molar-refractivity contribution in [3.05, 3.63) is 65.5 Å². The number of morpholine rings is 1. The van der Waals surface area contributed by atoms with Crippen LogP contribution in [0, 0.1) is 5.82 Å². The Morgan fingerprint density at radius 2 is 1.83 bits per heavy atom. The molecule has 1 atom stereocenters. The van der Waals surface area contributed by atoms with E-state index < -0.39 is 0 Å². The van der Waals surface area contributed by atoms with E-state index in [-0.39, 0.29) is 17.8 Å². The second-order valence-corrected chi connectivity index (χ2v) is 6.91. The van der Waals surface area contributed by atoms with Crippen molar-refractivity contribution in [2.24, 2.45) is 0 Å². The largest absolute Gasteiger partial charge is 0.493 e. The Balaban J connectivity index is 1.65. The third kappa shape index (κ3) is 5.81. The maximum absolute atomic E-state index is 13.3. The zero-order valence-electron chi connectivity index (χ0n) is 17.3. The van der Waals surface area contributed by atoms with Gasteiger partial charge in [-0.2, -0.15) is 0 Å². The van der Waals surface area contributed by atoms with Crippen LogP contribution in [0.2, 0.25) is 0 Å². The first-order chi connectivity index (χ1) is 14.6. The number of rotatable bonds is 8. The molecule has 0 aliphatic carbocycles. The molecule has 1 fully saturated rings. The highest BCUT2D eigenvalue weighted by atomic mass is 19.1. The summed E-state index contributed by atoms with van der Waals surface area (Å²) in [6, 6.07) is 11.8. The average molecular weight is 414 g/mol. The van der Waals surface area contributed by atoms with Gasteiger partial charge in [-0.05, 0) is 41.5 Å². The fraction of sp³-hybridized carbons (Fsp3) is 0.348. The van der Waals surface area contributed by atoms with Crippen LogP contribution in [0.5, 0.6) is 11.5 Å². The zero-order valence-corrected chi connectivity index (χ0v) is 17.3. The number of nitrogens with zero attached hydrogens (tertiary/aromatic N) is 1. The highest BCUT2D eigenvalue weighted by Crippen LogP contribution is 2.28. The van der Waals surface area contributed by atoms with Crippen LogP contribution in [0.25, 0.3) is 6.08 Å². The van der Waals surface area contributed by atoms with Crippen molar-refractivity contribution < 1.29 is 23.4 Å². The van der Waals surface area contributed by atoms with Gasteiger partial charge in [-0.25, -0.2) is 4.39 Å². The SMILES string of the molecule is COc1ccc(/C=C/C(=O)NC[C@@H](c2ccc(F)cc2)N2CCOCC2)cc1OC. The van der Waals surface area contributed by atoms with Gasteiger partial charge < -0.3 is 19.5 Å². The van der Waals surface area contributed by atoms with Gasteiger partial charge in [-0.1, -0.05) is 18.2 Å². The van der Waals surface area contributed by atoms with Crippen molar-refractivity contribution in [3.8, 4) is 11.5 Å². The van der Waals surface area contributed by atoms with Crippen molar-refractivity contribution in [3.63, 3.8) is 0 Å². The molecule has 0 spiro atoms. The van der Waals surface area contributed by atoms with Crippen molar-refractivity contribution in [1.82, 2.24) is 10.2 Å². The van der Waals surface area contributed by atoms with E-state index >= 15 is 0 Å². The fourth-order valence-electron chi connectivity index (χ4n) is 3.42. The van der Waals surface area contributed by atoms with Gasteiger partial charge in [-0.15, -0.1) is 0 Å². The lowest BCUT2D eigenvalue weighted by molar-refractivity contribution is -0.116. The van der Waals surface area contributed by atoms with Crippen molar-refractivity contribution in [1.29, 1.82) is 0 Å². The molecule has 30 heavy (non-hydrogen) atoms. The smallest absolute Gasteiger partial charge is 0.244 e. The third-order valence-electron chi connectivity index (χ3n) is 5.05. The number of hydrogen-bond donors (Lipinski definition) is 1. The van der Waals surface area contributed by atoms with E-state index in [9.17, 15) is 9.18 Å². The van der Waals surface area contributed by atoms with E-state index in [4.69, 9.17) is 14.2 Å². The van der Waals surface area contributed by atoms with E-state index in [0.29, 0.717) is 31.3 Å². The normalized spacial score (nSPS) is 15.7. The van der Waals surface area contributed by atoms with Gasteiger partial charge in [0.25, 0.3) is 0 Å². The summed E-state index contributed by atoms with van der Waals surface area (Å²) in [6.45, 7) is 3.23. The van der Waals surface area contributed by atoms with E-state index in [0.717, 1.165) is 24.2 Å². The molecule has 1 aliphatic rings. The van der Waals surface area contributed by atoms with Crippen LogP contribution in [-0.4, -0.2) is 57.9 Å².